The summed E-state index contributed by atoms with van der Waals surface area (Å²) in [6, 6.07) is 8.36. The molecule has 0 unspecified atom stereocenters. The summed E-state index contributed by atoms with van der Waals surface area (Å²) in [5, 5.41) is 2.75. The van der Waals surface area contributed by atoms with E-state index in [0.717, 1.165) is 0 Å². The van der Waals surface area contributed by atoms with Gasteiger partial charge in [-0.15, -0.1) is 0 Å². The van der Waals surface area contributed by atoms with Crippen LogP contribution in [0.25, 0.3) is 0 Å². The van der Waals surface area contributed by atoms with Gasteiger partial charge in [0, 0.05) is 18.0 Å². The van der Waals surface area contributed by atoms with E-state index in [1.54, 1.807) is 36.5 Å². The first-order chi connectivity index (χ1) is 9.11. The Labute approximate surface area is 118 Å². The van der Waals surface area contributed by atoms with Crippen molar-refractivity contribution in [3.63, 3.8) is 0 Å². The molecule has 0 aliphatic carbocycles. The van der Waals surface area contributed by atoms with Crippen molar-refractivity contribution in [1.29, 1.82) is 0 Å². The average Bonchev–Trinajstić information content (AvgIpc) is 2.41. The maximum Gasteiger partial charge on any atom is 0.259 e. The highest BCUT2D eigenvalue weighted by Crippen LogP contribution is 2.24. The third-order valence-corrected chi connectivity index (χ3v) is 3.11. The fourth-order valence-electron chi connectivity index (χ4n) is 1.56. The quantitative estimate of drug-likeness (QED) is 0.673. The molecule has 0 aliphatic heterocycles. The molecule has 98 valence electrons. The van der Waals surface area contributed by atoms with Crippen LogP contribution in [0.5, 0.6) is 5.75 Å². The number of methoxy groups -OCH3 is 1. The topological polar surface area (TPSA) is 77.2 Å². The maximum absolute atomic E-state index is 12.2. The Morgan fingerprint density at radius 2 is 2.21 bits per heavy atom. The van der Waals surface area contributed by atoms with Gasteiger partial charge in [0.1, 0.15) is 10.4 Å². The van der Waals surface area contributed by atoms with E-state index in [9.17, 15) is 4.79 Å². The zero-order valence-corrected chi connectivity index (χ0v) is 11.8. The molecule has 1 heterocycles. The van der Waals surface area contributed by atoms with Gasteiger partial charge in [0.15, 0.2) is 0 Å². The molecule has 6 heteroatoms. The Balaban J connectivity index is 2.28. The van der Waals surface area contributed by atoms with Crippen LogP contribution in [0.2, 0.25) is 0 Å². The summed E-state index contributed by atoms with van der Waals surface area (Å²) in [5.74, 6) is 0.142. The Hall–Kier alpha value is -2.08. The van der Waals surface area contributed by atoms with Gasteiger partial charge in [0.2, 0.25) is 0 Å². The zero-order chi connectivity index (χ0) is 13.8. The highest BCUT2D eigenvalue weighted by atomic mass is 79.9. The number of nitrogens with two attached hydrogens (primary N) is 1. The van der Waals surface area contributed by atoms with Crippen LogP contribution in [-0.4, -0.2) is 18.0 Å². The molecule has 1 aromatic heterocycles. The first-order valence-corrected chi connectivity index (χ1v) is 6.26. The van der Waals surface area contributed by atoms with Gasteiger partial charge in [-0.05, 0) is 40.2 Å². The number of ether oxygens (including phenoxy) is 1. The minimum Gasteiger partial charge on any atom is -0.496 e. The van der Waals surface area contributed by atoms with Gasteiger partial charge in [-0.1, -0.05) is 0 Å². The SMILES string of the molecule is COc1cc(N)ccc1C(=O)Nc1cccnc1Br. The van der Waals surface area contributed by atoms with E-state index in [1.807, 2.05) is 0 Å². The highest BCUT2D eigenvalue weighted by molar-refractivity contribution is 9.10. The van der Waals surface area contributed by atoms with Crippen LogP contribution in [0.1, 0.15) is 10.4 Å². The number of amides is 1. The molecular weight excluding hydrogens is 310 g/mol. The minimum absolute atomic E-state index is 0.287. The van der Waals surface area contributed by atoms with Gasteiger partial charge in [-0.2, -0.15) is 0 Å². The van der Waals surface area contributed by atoms with Gasteiger partial charge >= 0.3 is 0 Å². The van der Waals surface area contributed by atoms with Crippen molar-refractivity contribution in [1.82, 2.24) is 4.98 Å². The summed E-state index contributed by atoms with van der Waals surface area (Å²) in [7, 11) is 1.49. The van der Waals surface area contributed by atoms with Crippen molar-refractivity contribution in [2.75, 3.05) is 18.2 Å². The van der Waals surface area contributed by atoms with Crippen LogP contribution < -0.4 is 15.8 Å². The lowest BCUT2D eigenvalue weighted by atomic mass is 10.1. The number of rotatable bonds is 3. The van der Waals surface area contributed by atoms with Gasteiger partial charge in [-0.3, -0.25) is 4.79 Å². The largest absolute Gasteiger partial charge is 0.496 e. The number of hydrogen-bond donors (Lipinski definition) is 2. The maximum atomic E-state index is 12.2. The number of nitrogens with one attached hydrogen (secondary N) is 1. The van der Waals surface area contributed by atoms with Crippen molar-refractivity contribution in [3.05, 3.63) is 46.7 Å². The lowest BCUT2D eigenvalue weighted by Gasteiger charge is -2.10. The van der Waals surface area contributed by atoms with E-state index in [0.29, 0.717) is 27.3 Å². The van der Waals surface area contributed by atoms with E-state index < -0.39 is 0 Å². The van der Waals surface area contributed by atoms with Crippen LogP contribution in [0, 0.1) is 0 Å². The number of anilines is 2. The molecule has 1 aromatic carbocycles. The summed E-state index contributed by atoms with van der Waals surface area (Å²) in [6.07, 6.45) is 1.63. The first kappa shape index (κ1) is 13.4. The predicted octanol–water partition coefficient (Wildman–Crippen LogP) is 2.69. The van der Waals surface area contributed by atoms with Crippen molar-refractivity contribution in [2.45, 2.75) is 0 Å². The number of nitrogens with zero attached hydrogens (tertiary/aromatic N) is 1. The number of hydrogen-bond acceptors (Lipinski definition) is 4. The molecule has 2 aromatic rings. The van der Waals surface area contributed by atoms with Crippen LogP contribution >= 0.6 is 15.9 Å². The summed E-state index contributed by atoms with van der Waals surface area (Å²) < 4.78 is 5.71. The number of benzene rings is 1. The summed E-state index contributed by atoms with van der Waals surface area (Å²) in [4.78, 5) is 16.2. The second-order valence-electron chi connectivity index (χ2n) is 3.76. The molecule has 0 aliphatic rings. The van der Waals surface area contributed by atoms with Crippen molar-refractivity contribution in [3.8, 4) is 5.75 Å². The number of carbonyl (C=O) groups excluding carboxylic acids is 1. The molecule has 2 rings (SSSR count). The molecule has 19 heavy (non-hydrogen) atoms. The third kappa shape index (κ3) is 3.03. The van der Waals surface area contributed by atoms with Gasteiger partial charge < -0.3 is 15.8 Å². The molecule has 0 bridgehead atoms. The van der Waals surface area contributed by atoms with Crippen LogP contribution in [-0.2, 0) is 0 Å². The molecule has 3 N–H and O–H groups in total. The standard InChI is InChI=1S/C13H12BrN3O2/c1-19-11-7-8(15)4-5-9(11)13(18)17-10-3-2-6-16-12(10)14/h2-7H,15H2,1H3,(H,17,18). The Morgan fingerprint density at radius 1 is 1.42 bits per heavy atom. The molecular formula is C13H12BrN3O2. The molecule has 1 amide bonds. The lowest BCUT2D eigenvalue weighted by Crippen LogP contribution is -2.14. The predicted molar refractivity (Wildman–Crippen MR) is 77.3 cm³/mol. The Bertz CT molecular complexity index is 617. The van der Waals surface area contributed by atoms with E-state index in [4.69, 9.17) is 10.5 Å². The van der Waals surface area contributed by atoms with E-state index in [2.05, 4.69) is 26.2 Å². The van der Waals surface area contributed by atoms with Crippen LogP contribution in [0.3, 0.4) is 0 Å². The third-order valence-electron chi connectivity index (χ3n) is 2.48. The normalized spacial score (nSPS) is 10.0. The lowest BCUT2D eigenvalue weighted by molar-refractivity contribution is 0.102. The summed E-state index contributed by atoms with van der Waals surface area (Å²) in [6.45, 7) is 0. The molecule has 0 spiro atoms. The monoisotopic (exact) mass is 321 g/mol. The van der Waals surface area contributed by atoms with Gasteiger partial charge in [0.05, 0.1) is 18.4 Å². The Morgan fingerprint density at radius 3 is 2.89 bits per heavy atom. The number of halogens is 1. The van der Waals surface area contributed by atoms with E-state index in [-0.39, 0.29) is 5.91 Å². The number of pyridine rings is 1. The Kier molecular flexibility index (Phi) is 4.01. The van der Waals surface area contributed by atoms with Crippen molar-refractivity contribution >= 4 is 33.2 Å². The minimum atomic E-state index is -0.287. The first-order valence-electron chi connectivity index (χ1n) is 5.47. The molecule has 0 fully saturated rings. The van der Waals surface area contributed by atoms with Gasteiger partial charge in [0.25, 0.3) is 5.91 Å². The highest BCUT2D eigenvalue weighted by Gasteiger charge is 2.13. The van der Waals surface area contributed by atoms with Crippen LogP contribution in [0.4, 0.5) is 11.4 Å². The molecule has 0 atom stereocenters. The van der Waals surface area contributed by atoms with E-state index in [1.165, 1.54) is 7.11 Å². The summed E-state index contributed by atoms with van der Waals surface area (Å²) >= 11 is 3.27. The summed E-state index contributed by atoms with van der Waals surface area (Å²) in [5.41, 5.74) is 7.19. The fraction of sp³-hybridized carbons (Fsp3) is 0.0769. The average molecular weight is 322 g/mol. The molecule has 0 saturated heterocycles. The van der Waals surface area contributed by atoms with Crippen molar-refractivity contribution in [2.24, 2.45) is 0 Å². The van der Waals surface area contributed by atoms with Gasteiger partial charge in [-0.25, -0.2) is 4.98 Å². The number of nitrogen functional groups attached to an aromatic ring is 1. The number of carbonyl (C=O) groups is 1. The smallest absolute Gasteiger partial charge is 0.259 e. The zero-order valence-electron chi connectivity index (χ0n) is 10.2. The molecule has 0 saturated carbocycles. The second-order valence-corrected chi connectivity index (χ2v) is 4.51. The fourth-order valence-corrected chi connectivity index (χ4v) is 1.91. The van der Waals surface area contributed by atoms with Crippen molar-refractivity contribution < 1.29 is 9.53 Å². The van der Waals surface area contributed by atoms with E-state index >= 15 is 0 Å². The van der Waals surface area contributed by atoms with Crippen LogP contribution in [0.15, 0.2) is 41.1 Å². The molecule has 0 radical (unpaired) electrons. The second kappa shape index (κ2) is 5.71. The molecule has 5 nitrogen and oxygen atoms in total. The number of aromatic nitrogens is 1.